The van der Waals surface area contributed by atoms with Gasteiger partial charge in [0.15, 0.2) is 5.82 Å². The van der Waals surface area contributed by atoms with E-state index < -0.39 is 5.82 Å². The normalized spacial score (nSPS) is 14.6. The van der Waals surface area contributed by atoms with E-state index in [9.17, 15) is 14.4 Å². The summed E-state index contributed by atoms with van der Waals surface area (Å²) in [6, 6.07) is 9.37. The molecule has 0 unspecified atom stereocenters. The minimum atomic E-state index is -0.502. The lowest BCUT2D eigenvalue weighted by atomic mass is 9.96. The summed E-state index contributed by atoms with van der Waals surface area (Å²) in [5.74, 6) is -0.635. The van der Waals surface area contributed by atoms with Crippen LogP contribution in [0.5, 0.6) is 0 Å². The molecule has 0 radical (unpaired) electrons. The monoisotopic (exact) mass is 424 g/mol. The number of amides is 1. The highest BCUT2D eigenvalue weighted by molar-refractivity contribution is 5.78. The fraction of sp³-hybridized carbons (Fsp3) is 0.364. The first-order valence-electron chi connectivity index (χ1n) is 10.2. The van der Waals surface area contributed by atoms with Crippen LogP contribution in [0.1, 0.15) is 24.0 Å². The van der Waals surface area contributed by atoms with Gasteiger partial charge in [0.05, 0.1) is 24.6 Å². The number of hydrogen-bond donors (Lipinski definition) is 1. The lowest BCUT2D eigenvalue weighted by molar-refractivity contribution is -0.173. The highest BCUT2D eigenvalue weighted by atomic mass is 19.1. The van der Waals surface area contributed by atoms with Gasteiger partial charge in [-0.3, -0.25) is 14.7 Å². The van der Waals surface area contributed by atoms with Gasteiger partial charge in [0, 0.05) is 26.1 Å². The van der Waals surface area contributed by atoms with Gasteiger partial charge < -0.3 is 4.90 Å². The van der Waals surface area contributed by atoms with Crippen LogP contribution in [-0.2, 0) is 18.4 Å². The first kappa shape index (κ1) is 20.9. The molecule has 1 amide bonds. The van der Waals surface area contributed by atoms with Gasteiger partial charge in [-0.25, -0.2) is 19.4 Å². The number of carbonyl (C=O) groups is 1. The Hall–Kier alpha value is -3.33. The van der Waals surface area contributed by atoms with Crippen molar-refractivity contribution < 1.29 is 14.4 Å². The molecule has 1 fully saturated rings. The number of hydroxylamine groups is 2. The minimum absolute atomic E-state index is 0.161. The molecule has 3 heterocycles. The fourth-order valence-electron chi connectivity index (χ4n) is 3.94. The van der Waals surface area contributed by atoms with Crippen molar-refractivity contribution in [2.45, 2.75) is 26.3 Å². The van der Waals surface area contributed by atoms with E-state index in [2.05, 4.69) is 15.1 Å². The second-order valence-electron chi connectivity index (χ2n) is 7.81. The number of halogens is 1. The molecular formula is C22H25FN6O2. The molecule has 2 aromatic heterocycles. The number of nitrogens with zero attached hydrogens (tertiary/aromatic N) is 6. The topological polar surface area (TPSA) is 87.4 Å². The Morgan fingerprint density at radius 2 is 1.94 bits per heavy atom. The molecule has 0 spiro atoms. The quantitative estimate of drug-likeness (QED) is 0.501. The summed E-state index contributed by atoms with van der Waals surface area (Å²) in [5.41, 5.74) is 2.53. The Kier molecular flexibility index (Phi) is 5.94. The third-order valence-electron chi connectivity index (χ3n) is 5.63. The third-order valence-corrected chi connectivity index (χ3v) is 5.63. The van der Waals surface area contributed by atoms with E-state index in [1.54, 1.807) is 17.9 Å². The molecule has 0 atom stereocenters. The SMILES string of the molecule is Cc1cnn(C)c1-c1nc(N2CCC(C(=O)N(O)Cc3ccccc3)CC2)ncc1F. The van der Waals surface area contributed by atoms with Crippen molar-refractivity contribution in [2.75, 3.05) is 18.0 Å². The largest absolute Gasteiger partial charge is 0.341 e. The van der Waals surface area contributed by atoms with Crippen molar-refractivity contribution in [3.63, 3.8) is 0 Å². The standard InChI is InChI=1S/C22H25FN6O2/c1-15-12-25-27(2)20(15)19-18(23)13-24-22(26-19)28-10-8-17(9-11-28)21(30)29(31)14-16-6-4-3-5-7-16/h3-7,12-13,17,31H,8-11,14H2,1-2H3. The summed E-state index contributed by atoms with van der Waals surface area (Å²) in [6.07, 6.45) is 3.97. The summed E-state index contributed by atoms with van der Waals surface area (Å²) in [4.78, 5) is 23.2. The van der Waals surface area contributed by atoms with Crippen molar-refractivity contribution >= 4 is 11.9 Å². The number of anilines is 1. The summed E-state index contributed by atoms with van der Waals surface area (Å²) in [7, 11) is 1.75. The zero-order chi connectivity index (χ0) is 22.0. The van der Waals surface area contributed by atoms with Crippen LogP contribution in [0.2, 0.25) is 0 Å². The van der Waals surface area contributed by atoms with Gasteiger partial charge in [-0.15, -0.1) is 0 Å². The van der Waals surface area contributed by atoms with E-state index in [0.29, 0.717) is 37.6 Å². The van der Waals surface area contributed by atoms with Crippen molar-refractivity contribution in [3.05, 3.63) is 59.7 Å². The fourth-order valence-corrected chi connectivity index (χ4v) is 3.94. The third kappa shape index (κ3) is 4.41. The van der Waals surface area contributed by atoms with Gasteiger partial charge in [0.25, 0.3) is 0 Å². The molecule has 1 N–H and O–H groups in total. The van der Waals surface area contributed by atoms with Crippen molar-refractivity contribution in [2.24, 2.45) is 13.0 Å². The predicted octanol–water partition coefficient (Wildman–Crippen LogP) is 2.96. The maximum absolute atomic E-state index is 14.4. The van der Waals surface area contributed by atoms with Crippen LogP contribution >= 0.6 is 0 Å². The van der Waals surface area contributed by atoms with Gasteiger partial charge >= 0.3 is 0 Å². The molecule has 0 aliphatic carbocycles. The Morgan fingerprint density at radius 3 is 2.58 bits per heavy atom. The second kappa shape index (κ2) is 8.81. The van der Waals surface area contributed by atoms with Crippen LogP contribution in [-0.4, -0.2) is 49.0 Å². The van der Waals surface area contributed by atoms with Crippen LogP contribution in [0.25, 0.3) is 11.4 Å². The number of aromatic nitrogens is 4. The summed E-state index contributed by atoms with van der Waals surface area (Å²) >= 11 is 0. The van der Waals surface area contributed by atoms with E-state index in [1.807, 2.05) is 42.2 Å². The summed E-state index contributed by atoms with van der Waals surface area (Å²) in [5, 5.41) is 15.2. The Bertz CT molecular complexity index is 1040. The summed E-state index contributed by atoms with van der Waals surface area (Å²) < 4.78 is 16.0. The molecule has 1 saturated heterocycles. The van der Waals surface area contributed by atoms with Gasteiger partial charge in [0.2, 0.25) is 11.9 Å². The van der Waals surface area contributed by atoms with Gasteiger partial charge in [-0.1, -0.05) is 30.3 Å². The van der Waals surface area contributed by atoms with E-state index in [-0.39, 0.29) is 24.1 Å². The smallest absolute Gasteiger partial charge is 0.249 e. The van der Waals surface area contributed by atoms with Crippen molar-refractivity contribution in [3.8, 4) is 11.4 Å². The molecule has 8 nitrogen and oxygen atoms in total. The Labute approximate surface area is 179 Å². The zero-order valence-corrected chi connectivity index (χ0v) is 17.6. The molecule has 9 heteroatoms. The van der Waals surface area contributed by atoms with Crippen molar-refractivity contribution in [1.82, 2.24) is 24.8 Å². The highest BCUT2D eigenvalue weighted by Crippen LogP contribution is 2.27. The number of hydrogen-bond acceptors (Lipinski definition) is 6. The first-order chi connectivity index (χ1) is 14.9. The van der Waals surface area contributed by atoms with Crippen LogP contribution in [0.15, 0.2) is 42.7 Å². The highest BCUT2D eigenvalue weighted by Gasteiger charge is 2.29. The number of rotatable bonds is 5. The molecule has 0 bridgehead atoms. The number of benzene rings is 1. The molecule has 3 aromatic rings. The molecular weight excluding hydrogens is 399 g/mol. The number of carbonyl (C=O) groups excluding carboxylic acids is 1. The average Bonchev–Trinajstić information content (AvgIpc) is 3.12. The van der Waals surface area contributed by atoms with E-state index in [4.69, 9.17) is 0 Å². The Morgan fingerprint density at radius 1 is 1.23 bits per heavy atom. The Balaban J connectivity index is 1.42. The van der Waals surface area contributed by atoms with E-state index in [1.165, 1.54) is 6.20 Å². The maximum Gasteiger partial charge on any atom is 0.249 e. The molecule has 4 rings (SSSR count). The zero-order valence-electron chi connectivity index (χ0n) is 17.6. The second-order valence-corrected chi connectivity index (χ2v) is 7.81. The van der Waals surface area contributed by atoms with Crippen LogP contribution < -0.4 is 4.90 Å². The van der Waals surface area contributed by atoms with Crippen LogP contribution in [0.4, 0.5) is 10.3 Å². The number of aryl methyl sites for hydroxylation is 2. The minimum Gasteiger partial charge on any atom is -0.341 e. The van der Waals surface area contributed by atoms with Crippen LogP contribution in [0.3, 0.4) is 0 Å². The van der Waals surface area contributed by atoms with Gasteiger partial charge in [-0.2, -0.15) is 5.10 Å². The molecule has 31 heavy (non-hydrogen) atoms. The predicted molar refractivity (Wildman–Crippen MR) is 113 cm³/mol. The lowest BCUT2D eigenvalue weighted by Gasteiger charge is -2.32. The molecule has 1 aliphatic rings. The molecule has 162 valence electrons. The van der Waals surface area contributed by atoms with Crippen molar-refractivity contribution in [1.29, 1.82) is 0 Å². The van der Waals surface area contributed by atoms with Gasteiger partial charge in [-0.05, 0) is 30.9 Å². The maximum atomic E-state index is 14.4. The van der Waals surface area contributed by atoms with E-state index >= 15 is 0 Å². The lowest BCUT2D eigenvalue weighted by Crippen LogP contribution is -2.41. The van der Waals surface area contributed by atoms with Crippen LogP contribution in [0, 0.1) is 18.7 Å². The molecule has 1 aromatic carbocycles. The first-order valence-corrected chi connectivity index (χ1v) is 10.2. The molecule has 0 saturated carbocycles. The molecule has 1 aliphatic heterocycles. The summed E-state index contributed by atoms with van der Waals surface area (Å²) in [6.45, 7) is 3.11. The average molecular weight is 424 g/mol. The number of piperidine rings is 1. The van der Waals surface area contributed by atoms with Gasteiger partial charge in [0.1, 0.15) is 5.69 Å². The van der Waals surface area contributed by atoms with E-state index in [0.717, 1.165) is 16.2 Å².